The van der Waals surface area contributed by atoms with Gasteiger partial charge in [-0.25, -0.2) is 9.97 Å². The molecule has 0 fully saturated rings. The second-order valence-corrected chi connectivity index (χ2v) is 6.17. The molecule has 0 aliphatic heterocycles. The van der Waals surface area contributed by atoms with Crippen LogP contribution in [0, 0.1) is 0 Å². The molecule has 1 heterocycles. The molecule has 6 nitrogen and oxygen atoms in total. The molecule has 2 aromatic rings. The molecule has 0 saturated heterocycles. The Hall–Kier alpha value is -2.63. The average Bonchev–Trinajstić information content (AvgIpc) is 2.51. The Kier molecular flexibility index (Phi) is 5.16. The minimum Gasteiger partial charge on any atom is -0.492 e. The van der Waals surface area contributed by atoms with Crippen LogP contribution in [0.3, 0.4) is 0 Å². The van der Waals surface area contributed by atoms with E-state index >= 15 is 0 Å². The lowest BCUT2D eigenvalue weighted by Crippen LogP contribution is -2.29. The molecule has 3 N–H and O–H groups in total. The van der Waals surface area contributed by atoms with E-state index in [0.29, 0.717) is 13.2 Å². The Balaban J connectivity index is 1.79. The lowest BCUT2D eigenvalue weighted by molar-refractivity contribution is 0.0942. The number of carbonyl (C=O) groups excluding carboxylic acids is 1. The molecule has 0 aliphatic rings. The molecule has 122 valence electrons. The van der Waals surface area contributed by atoms with Crippen LogP contribution < -0.4 is 15.8 Å². The van der Waals surface area contributed by atoms with Crippen LogP contribution in [0.1, 0.15) is 36.8 Å². The molecule has 1 aromatic heterocycles. The molecular formula is C17H22N4O2. The van der Waals surface area contributed by atoms with Crippen molar-refractivity contribution in [2.75, 3.05) is 18.9 Å². The highest BCUT2D eigenvalue weighted by Gasteiger charge is 2.13. The zero-order chi connectivity index (χ0) is 16.9. The van der Waals surface area contributed by atoms with Gasteiger partial charge in [-0.15, -0.1) is 0 Å². The molecule has 0 unspecified atom stereocenters. The standard InChI is InChI=1S/C17H22N4O2/c1-17(2,3)12-4-6-13(7-5-12)23-11-10-21-16(22)14-15(18)20-9-8-19-14/h4-9H,10-11H2,1-3H3,(H2,18,20)(H,21,22). The van der Waals surface area contributed by atoms with Gasteiger partial charge in [0.05, 0.1) is 6.54 Å². The average molecular weight is 314 g/mol. The first kappa shape index (κ1) is 16.7. The van der Waals surface area contributed by atoms with Gasteiger partial charge < -0.3 is 15.8 Å². The highest BCUT2D eigenvalue weighted by molar-refractivity contribution is 5.96. The summed E-state index contributed by atoms with van der Waals surface area (Å²) in [4.78, 5) is 19.6. The van der Waals surface area contributed by atoms with Gasteiger partial charge >= 0.3 is 0 Å². The molecule has 0 radical (unpaired) electrons. The number of nitrogens with one attached hydrogen (secondary N) is 1. The van der Waals surface area contributed by atoms with E-state index in [1.54, 1.807) is 0 Å². The summed E-state index contributed by atoms with van der Waals surface area (Å²) in [6, 6.07) is 7.97. The molecular weight excluding hydrogens is 292 g/mol. The maximum atomic E-state index is 11.9. The van der Waals surface area contributed by atoms with Gasteiger partial charge in [-0.3, -0.25) is 4.79 Å². The highest BCUT2D eigenvalue weighted by Crippen LogP contribution is 2.24. The molecule has 6 heteroatoms. The second-order valence-electron chi connectivity index (χ2n) is 6.17. The number of nitrogens with two attached hydrogens (primary N) is 1. The fourth-order valence-corrected chi connectivity index (χ4v) is 1.99. The van der Waals surface area contributed by atoms with Crippen molar-refractivity contribution in [3.63, 3.8) is 0 Å². The van der Waals surface area contributed by atoms with Crippen LogP contribution in [0.4, 0.5) is 5.82 Å². The first-order chi connectivity index (χ1) is 10.9. The normalized spacial score (nSPS) is 11.1. The van der Waals surface area contributed by atoms with Crippen molar-refractivity contribution < 1.29 is 9.53 Å². The molecule has 0 atom stereocenters. The minimum absolute atomic E-state index is 0.114. The number of anilines is 1. The number of aromatic nitrogens is 2. The van der Waals surface area contributed by atoms with Gasteiger partial charge in [0.1, 0.15) is 12.4 Å². The van der Waals surface area contributed by atoms with E-state index in [1.165, 1.54) is 18.0 Å². The molecule has 0 saturated carbocycles. The minimum atomic E-state index is -0.359. The number of ether oxygens (including phenoxy) is 1. The number of nitrogen functional groups attached to an aromatic ring is 1. The van der Waals surface area contributed by atoms with Crippen LogP contribution in [-0.4, -0.2) is 29.0 Å². The lowest BCUT2D eigenvalue weighted by Gasteiger charge is -2.19. The maximum absolute atomic E-state index is 11.9. The smallest absolute Gasteiger partial charge is 0.273 e. The first-order valence-electron chi connectivity index (χ1n) is 7.46. The van der Waals surface area contributed by atoms with Crippen molar-refractivity contribution in [3.05, 3.63) is 47.9 Å². The first-order valence-corrected chi connectivity index (χ1v) is 7.46. The molecule has 23 heavy (non-hydrogen) atoms. The number of amides is 1. The third kappa shape index (κ3) is 4.67. The number of carbonyl (C=O) groups is 1. The van der Waals surface area contributed by atoms with Crippen molar-refractivity contribution >= 4 is 11.7 Å². The molecule has 0 spiro atoms. The highest BCUT2D eigenvalue weighted by atomic mass is 16.5. The largest absolute Gasteiger partial charge is 0.492 e. The summed E-state index contributed by atoms with van der Waals surface area (Å²) in [6.45, 7) is 7.21. The van der Waals surface area contributed by atoms with Crippen molar-refractivity contribution in [1.82, 2.24) is 15.3 Å². The second kappa shape index (κ2) is 7.09. The summed E-state index contributed by atoms with van der Waals surface area (Å²) in [5, 5.41) is 2.70. The van der Waals surface area contributed by atoms with E-state index < -0.39 is 0 Å². The third-order valence-electron chi connectivity index (χ3n) is 3.32. The Morgan fingerprint density at radius 3 is 2.43 bits per heavy atom. The van der Waals surface area contributed by atoms with Crippen LogP contribution in [0.2, 0.25) is 0 Å². The predicted molar refractivity (Wildman–Crippen MR) is 89.4 cm³/mol. The van der Waals surface area contributed by atoms with Crippen molar-refractivity contribution in [3.8, 4) is 5.75 Å². The van der Waals surface area contributed by atoms with Gasteiger partial charge in [-0.2, -0.15) is 0 Å². The summed E-state index contributed by atoms with van der Waals surface area (Å²) in [5.74, 6) is 0.525. The van der Waals surface area contributed by atoms with Gasteiger partial charge in [0.2, 0.25) is 0 Å². The Labute approximate surface area is 136 Å². The molecule has 2 rings (SSSR count). The number of hydrogen-bond donors (Lipinski definition) is 2. The van der Waals surface area contributed by atoms with Crippen LogP contribution in [0.15, 0.2) is 36.7 Å². The topological polar surface area (TPSA) is 90.1 Å². The lowest BCUT2D eigenvalue weighted by atomic mass is 9.87. The van der Waals surface area contributed by atoms with Gasteiger partial charge in [-0.1, -0.05) is 32.9 Å². The molecule has 0 bridgehead atoms. The van der Waals surface area contributed by atoms with Crippen LogP contribution in [0.25, 0.3) is 0 Å². The summed E-state index contributed by atoms with van der Waals surface area (Å²) >= 11 is 0. The van der Waals surface area contributed by atoms with Crippen LogP contribution in [0.5, 0.6) is 5.75 Å². The Morgan fingerprint density at radius 1 is 1.17 bits per heavy atom. The fraction of sp³-hybridized carbons (Fsp3) is 0.353. The Bertz CT molecular complexity index is 663. The zero-order valence-electron chi connectivity index (χ0n) is 13.7. The van der Waals surface area contributed by atoms with E-state index in [9.17, 15) is 4.79 Å². The van der Waals surface area contributed by atoms with Crippen molar-refractivity contribution in [1.29, 1.82) is 0 Å². The fourth-order valence-electron chi connectivity index (χ4n) is 1.99. The number of hydrogen-bond acceptors (Lipinski definition) is 5. The predicted octanol–water partition coefficient (Wildman–Crippen LogP) is 2.17. The molecule has 0 aliphatic carbocycles. The molecule has 1 amide bonds. The van der Waals surface area contributed by atoms with E-state index in [0.717, 1.165) is 5.75 Å². The van der Waals surface area contributed by atoms with E-state index in [4.69, 9.17) is 10.5 Å². The van der Waals surface area contributed by atoms with Gasteiger partial charge in [-0.05, 0) is 23.1 Å². The van der Waals surface area contributed by atoms with Crippen LogP contribution in [-0.2, 0) is 5.41 Å². The van der Waals surface area contributed by atoms with E-state index in [-0.39, 0.29) is 22.8 Å². The van der Waals surface area contributed by atoms with Gasteiger partial charge in [0.15, 0.2) is 11.5 Å². The maximum Gasteiger partial charge on any atom is 0.273 e. The van der Waals surface area contributed by atoms with Crippen molar-refractivity contribution in [2.24, 2.45) is 0 Å². The zero-order valence-corrected chi connectivity index (χ0v) is 13.7. The number of rotatable bonds is 5. The van der Waals surface area contributed by atoms with E-state index in [2.05, 4.69) is 36.1 Å². The third-order valence-corrected chi connectivity index (χ3v) is 3.32. The summed E-state index contributed by atoms with van der Waals surface area (Å²) in [7, 11) is 0. The van der Waals surface area contributed by atoms with Gasteiger partial charge in [0, 0.05) is 12.4 Å². The number of benzene rings is 1. The quantitative estimate of drug-likeness (QED) is 0.825. The molecule has 1 aromatic carbocycles. The SMILES string of the molecule is CC(C)(C)c1ccc(OCCNC(=O)c2nccnc2N)cc1. The Morgan fingerprint density at radius 2 is 1.83 bits per heavy atom. The van der Waals surface area contributed by atoms with Gasteiger partial charge in [0.25, 0.3) is 5.91 Å². The summed E-state index contributed by atoms with van der Waals surface area (Å²) < 4.78 is 5.61. The van der Waals surface area contributed by atoms with Crippen molar-refractivity contribution in [2.45, 2.75) is 26.2 Å². The summed E-state index contributed by atoms with van der Waals surface area (Å²) in [5.41, 5.74) is 7.09. The summed E-state index contributed by atoms with van der Waals surface area (Å²) in [6.07, 6.45) is 2.87. The number of nitrogens with zero attached hydrogens (tertiary/aromatic N) is 2. The monoisotopic (exact) mass is 314 g/mol. The van der Waals surface area contributed by atoms with Crippen LogP contribution >= 0.6 is 0 Å². The van der Waals surface area contributed by atoms with E-state index in [1.807, 2.05) is 24.3 Å².